The fourth-order valence-corrected chi connectivity index (χ4v) is 1.35. The van der Waals surface area contributed by atoms with E-state index in [1.165, 1.54) is 0 Å². The molecule has 2 rings (SSSR count). The molecule has 1 aromatic carbocycles. The second-order valence-electron chi connectivity index (χ2n) is 2.87. The van der Waals surface area contributed by atoms with Crippen LogP contribution >= 0.6 is 11.6 Å². The Kier molecular flexibility index (Phi) is 1.81. The van der Waals surface area contributed by atoms with E-state index in [2.05, 4.69) is 16.9 Å². The van der Waals surface area contributed by atoms with E-state index in [1.54, 1.807) is 10.7 Å². The van der Waals surface area contributed by atoms with Crippen molar-refractivity contribution in [1.82, 2.24) is 15.0 Å². The molecular weight excluding hydrogens is 186 g/mol. The number of rotatable bonds is 1. The van der Waals surface area contributed by atoms with Crippen molar-refractivity contribution < 1.29 is 0 Å². The molecule has 0 saturated carbocycles. The highest BCUT2D eigenvalue weighted by atomic mass is 35.5. The Morgan fingerprint density at radius 3 is 3.00 bits per heavy atom. The molecule has 4 heteroatoms. The van der Waals surface area contributed by atoms with Crippen molar-refractivity contribution in [2.75, 3.05) is 0 Å². The lowest BCUT2D eigenvalue weighted by Crippen LogP contribution is -1.93. The van der Waals surface area contributed by atoms with E-state index < -0.39 is 0 Å². The van der Waals surface area contributed by atoms with Gasteiger partial charge in [-0.1, -0.05) is 23.4 Å². The van der Waals surface area contributed by atoms with Gasteiger partial charge >= 0.3 is 0 Å². The zero-order valence-corrected chi connectivity index (χ0v) is 7.91. The number of fused-ring (bicyclic) bond motifs is 1. The number of aromatic nitrogens is 3. The van der Waals surface area contributed by atoms with Crippen molar-refractivity contribution in [2.24, 2.45) is 0 Å². The van der Waals surface area contributed by atoms with Crippen LogP contribution in [0.1, 0.15) is 6.92 Å². The molecule has 0 bridgehead atoms. The zero-order chi connectivity index (χ0) is 9.42. The third-order valence-corrected chi connectivity index (χ3v) is 2.00. The molecule has 3 nitrogen and oxygen atoms in total. The van der Waals surface area contributed by atoms with E-state index in [1.807, 2.05) is 19.1 Å². The Balaban J connectivity index is 2.76. The number of hydrogen-bond donors (Lipinski definition) is 0. The SMILES string of the molecule is C=C(C)n1nnc2cc(Cl)ccc21. The van der Waals surface area contributed by atoms with E-state index in [0.717, 1.165) is 16.7 Å². The number of nitrogens with zero attached hydrogens (tertiary/aromatic N) is 3. The van der Waals surface area contributed by atoms with E-state index in [-0.39, 0.29) is 0 Å². The summed E-state index contributed by atoms with van der Waals surface area (Å²) in [6.07, 6.45) is 0. The second kappa shape index (κ2) is 2.85. The lowest BCUT2D eigenvalue weighted by molar-refractivity contribution is 0.837. The molecule has 0 saturated heterocycles. The fraction of sp³-hybridized carbons (Fsp3) is 0.111. The van der Waals surface area contributed by atoms with Gasteiger partial charge in [0.15, 0.2) is 0 Å². The third kappa shape index (κ3) is 1.31. The lowest BCUT2D eigenvalue weighted by atomic mass is 10.3. The number of benzene rings is 1. The first kappa shape index (κ1) is 8.26. The minimum absolute atomic E-state index is 0.668. The summed E-state index contributed by atoms with van der Waals surface area (Å²) in [6.45, 7) is 5.68. The molecule has 2 aromatic rings. The van der Waals surface area contributed by atoms with Crippen LogP contribution in [0.2, 0.25) is 5.02 Å². The van der Waals surface area contributed by atoms with Crippen molar-refractivity contribution in [2.45, 2.75) is 6.92 Å². The minimum Gasteiger partial charge on any atom is -0.218 e. The normalized spacial score (nSPS) is 10.6. The minimum atomic E-state index is 0.668. The maximum Gasteiger partial charge on any atom is 0.115 e. The van der Waals surface area contributed by atoms with Crippen molar-refractivity contribution in [1.29, 1.82) is 0 Å². The van der Waals surface area contributed by atoms with Gasteiger partial charge in [-0.25, -0.2) is 4.68 Å². The van der Waals surface area contributed by atoms with Crippen molar-refractivity contribution in [3.05, 3.63) is 29.8 Å². The predicted octanol–water partition coefficient (Wildman–Crippen LogP) is 2.58. The maximum absolute atomic E-state index is 5.81. The van der Waals surface area contributed by atoms with Crippen molar-refractivity contribution in [3.63, 3.8) is 0 Å². The topological polar surface area (TPSA) is 30.7 Å². The van der Waals surface area contributed by atoms with Gasteiger partial charge in [0.25, 0.3) is 0 Å². The Morgan fingerprint density at radius 2 is 2.31 bits per heavy atom. The van der Waals surface area contributed by atoms with Gasteiger partial charge in [0.1, 0.15) is 5.52 Å². The molecule has 1 aromatic heterocycles. The Morgan fingerprint density at radius 1 is 1.54 bits per heavy atom. The monoisotopic (exact) mass is 193 g/mol. The van der Waals surface area contributed by atoms with Gasteiger partial charge in [0.2, 0.25) is 0 Å². The number of allylic oxidation sites excluding steroid dienone is 1. The molecule has 0 fully saturated rings. The smallest absolute Gasteiger partial charge is 0.115 e. The highest BCUT2D eigenvalue weighted by Gasteiger charge is 2.04. The molecule has 0 aliphatic carbocycles. The molecule has 0 radical (unpaired) electrons. The summed E-state index contributed by atoms with van der Waals surface area (Å²) in [7, 11) is 0. The largest absolute Gasteiger partial charge is 0.218 e. The first-order valence-electron chi connectivity index (χ1n) is 3.85. The van der Waals surface area contributed by atoms with E-state index in [9.17, 15) is 0 Å². The van der Waals surface area contributed by atoms with Crippen LogP contribution in [0.25, 0.3) is 16.7 Å². The molecule has 0 spiro atoms. The molecule has 0 aliphatic heterocycles. The zero-order valence-electron chi connectivity index (χ0n) is 7.16. The maximum atomic E-state index is 5.81. The Bertz CT molecular complexity index is 473. The molecule has 0 aliphatic rings. The molecular formula is C9H8ClN3. The average molecular weight is 194 g/mol. The molecule has 0 N–H and O–H groups in total. The van der Waals surface area contributed by atoms with Crippen LogP contribution in [0.5, 0.6) is 0 Å². The third-order valence-electron chi connectivity index (χ3n) is 1.77. The number of halogens is 1. The van der Waals surface area contributed by atoms with Crippen LogP contribution in [0.4, 0.5) is 0 Å². The second-order valence-corrected chi connectivity index (χ2v) is 3.31. The fourth-order valence-electron chi connectivity index (χ4n) is 1.18. The van der Waals surface area contributed by atoms with E-state index in [4.69, 9.17) is 11.6 Å². The Labute approximate surface area is 80.6 Å². The van der Waals surface area contributed by atoms with Crippen LogP contribution < -0.4 is 0 Å². The average Bonchev–Trinajstić information content (AvgIpc) is 2.46. The highest BCUT2D eigenvalue weighted by Crippen LogP contribution is 2.18. The standard InChI is InChI=1S/C9H8ClN3/c1-6(2)13-9-4-3-7(10)5-8(9)11-12-13/h3-5H,1H2,2H3. The summed E-state index contributed by atoms with van der Waals surface area (Å²) in [6, 6.07) is 5.47. The van der Waals surface area contributed by atoms with Gasteiger partial charge < -0.3 is 0 Å². The molecule has 13 heavy (non-hydrogen) atoms. The van der Waals surface area contributed by atoms with E-state index in [0.29, 0.717) is 5.02 Å². The molecule has 0 amide bonds. The van der Waals surface area contributed by atoms with Crippen LogP contribution in [-0.4, -0.2) is 15.0 Å². The van der Waals surface area contributed by atoms with Gasteiger partial charge in [-0.3, -0.25) is 0 Å². The summed E-state index contributed by atoms with van der Waals surface area (Å²) in [5.41, 5.74) is 2.55. The van der Waals surface area contributed by atoms with Gasteiger partial charge in [0.05, 0.1) is 5.52 Å². The summed E-state index contributed by atoms with van der Waals surface area (Å²) in [5, 5.41) is 8.58. The van der Waals surface area contributed by atoms with Gasteiger partial charge in [-0.2, -0.15) is 0 Å². The van der Waals surface area contributed by atoms with Crippen molar-refractivity contribution in [3.8, 4) is 0 Å². The van der Waals surface area contributed by atoms with Crippen molar-refractivity contribution >= 4 is 28.3 Å². The van der Waals surface area contributed by atoms with Gasteiger partial charge in [-0.15, -0.1) is 5.10 Å². The first-order valence-corrected chi connectivity index (χ1v) is 4.23. The van der Waals surface area contributed by atoms with Gasteiger partial charge in [0, 0.05) is 10.7 Å². The summed E-state index contributed by atoms with van der Waals surface area (Å²) >= 11 is 5.81. The predicted molar refractivity (Wildman–Crippen MR) is 53.5 cm³/mol. The van der Waals surface area contributed by atoms with Gasteiger partial charge in [-0.05, 0) is 25.1 Å². The lowest BCUT2D eigenvalue weighted by Gasteiger charge is -1.98. The first-order chi connectivity index (χ1) is 6.18. The van der Waals surface area contributed by atoms with Crippen LogP contribution in [0.3, 0.4) is 0 Å². The summed E-state index contributed by atoms with van der Waals surface area (Å²) in [5.74, 6) is 0. The molecule has 0 atom stereocenters. The van der Waals surface area contributed by atoms with E-state index >= 15 is 0 Å². The molecule has 0 unspecified atom stereocenters. The summed E-state index contributed by atoms with van der Waals surface area (Å²) in [4.78, 5) is 0. The van der Waals surface area contributed by atoms with Crippen LogP contribution in [0, 0.1) is 0 Å². The quantitative estimate of drug-likeness (QED) is 0.697. The summed E-state index contributed by atoms with van der Waals surface area (Å²) < 4.78 is 1.69. The van der Waals surface area contributed by atoms with Crippen LogP contribution in [-0.2, 0) is 0 Å². The highest BCUT2D eigenvalue weighted by molar-refractivity contribution is 6.31. The molecule has 1 heterocycles. The Hall–Kier alpha value is -1.35. The molecule has 66 valence electrons. The van der Waals surface area contributed by atoms with Crippen LogP contribution in [0.15, 0.2) is 24.8 Å². The number of hydrogen-bond acceptors (Lipinski definition) is 2.